The molecule has 3 N–H and O–H groups in total. The zero-order valence-corrected chi connectivity index (χ0v) is 7.14. The molecule has 0 aliphatic heterocycles. The van der Waals surface area contributed by atoms with Crippen LogP contribution in [-0.4, -0.2) is 21.0 Å². The van der Waals surface area contributed by atoms with Gasteiger partial charge in [0.05, 0.1) is 6.20 Å². The van der Waals surface area contributed by atoms with Gasteiger partial charge < -0.3 is 10.8 Å². The third kappa shape index (κ3) is 1.24. The van der Waals surface area contributed by atoms with Gasteiger partial charge in [0.25, 0.3) is 5.91 Å². The number of carbonyl (C=O) groups excluding carboxylic acids is 1. The maximum Gasteiger partial charge on any atom is 0.267 e. The number of rotatable bonds is 1. The quantitative estimate of drug-likeness (QED) is 0.680. The molecule has 14 heavy (non-hydrogen) atoms. The molecule has 2 aromatic heterocycles. The standard InChI is InChI=1S/C9H7N3O2/c10-9(14)6-2-1-5-3-11-4-7(13)8(5)12-6/h1-4,13H,(H2,10,14). The number of hydrogen-bond acceptors (Lipinski definition) is 4. The number of fused-ring (bicyclic) bond motifs is 1. The van der Waals surface area contributed by atoms with E-state index in [1.807, 2.05) is 0 Å². The minimum Gasteiger partial charge on any atom is -0.504 e. The van der Waals surface area contributed by atoms with Crippen molar-refractivity contribution in [1.82, 2.24) is 9.97 Å². The normalized spacial score (nSPS) is 10.3. The number of nitrogens with zero attached hydrogens (tertiary/aromatic N) is 2. The molecule has 5 nitrogen and oxygen atoms in total. The molecular formula is C9H7N3O2. The smallest absolute Gasteiger partial charge is 0.267 e. The van der Waals surface area contributed by atoms with Crippen molar-refractivity contribution in [3.8, 4) is 5.75 Å². The first-order chi connectivity index (χ1) is 6.68. The van der Waals surface area contributed by atoms with Gasteiger partial charge in [0.2, 0.25) is 0 Å². The summed E-state index contributed by atoms with van der Waals surface area (Å²) in [5.74, 6) is -0.686. The Morgan fingerprint density at radius 1 is 1.36 bits per heavy atom. The summed E-state index contributed by atoms with van der Waals surface area (Å²) < 4.78 is 0. The highest BCUT2D eigenvalue weighted by Crippen LogP contribution is 2.20. The minimum atomic E-state index is -0.622. The van der Waals surface area contributed by atoms with Crippen molar-refractivity contribution >= 4 is 16.8 Å². The van der Waals surface area contributed by atoms with Crippen LogP contribution in [0.5, 0.6) is 5.75 Å². The third-order valence-corrected chi connectivity index (χ3v) is 1.83. The van der Waals surface area contributed by atoms with Crippen LogP contribution in [0.3, 0.4) is 0 Å². The average Bonchev–Trinajstić information content (AvgIpc) is 2.18. The number of pyridine rings is 2. The molecule has 0 bridgehead atoms. The van der Waals surface area contributed by atoms with Gasteiger partial charge in [0.1, 0.15) is 11.2 Å². The molecular weight excluding hydrogens is 182 g/mol. The van der Waals surface area contributed by atoms with E-state index in [1.165, 1.54) is 12.3 Å². The number of amides is 1. The van der Waals surface area contributed by atoms with Gasteiger partial charge in [-0.15, -0.1) is 0 Å². The molecule has 2 rings (SSSR count). The van der Waals surface area contributed by atoms with Gasteiger partial charge in [0.15, 0.2) is 5.75 Å². The highest BCUT2D eigenvalue weighted by molar-refractivity contribution is 5.94. The summed E-state index contributed by atoms with van der Waals surface area (Å²) >= 11 is 0. The number of aromatic hydroxyl groups is 1. The second-order valence-electron chi connectivity index (χ2n) is 2.79. The molecule has 0 atom stereocenters. The summed E-state index contributed by atoms with van der Waals surface area (Å²) in [5.41, 5.74) is 5.51. The van der Waals surface area contributed by atoms with E-state index in [1.54, 1.807) is 12.3 Å². The van der Waals surface area contributed by atoms with Gasteiger partial charge in [-0.3, -0.25) is 9.78 Å². The second kappa shape index (κ2) is 2.95. The van der Waals surface area contributed by atoms with E-state index < -0.39 is 5.91 Å². The Morgan fingerprint density at radius 3 is 2.86 bits per heavy atom. The molecule has 0 saturated heterocycles. The van der Waals surface area contributed by atoms with Crippen molar-refractivity contribution in [3.05, 3.63) is 30.2 Å². The molecule has 0 aliphatic rings. The Labute approximate surface area is 79.2 Å². The van der Waals surface area contributed by atoms with Crippen molar-refractivity contribution in [2.24, 2.45) is 5.73 Å². The predicted molar refractivity (Wildman–Crippen MR) is 49.7 cm³/mol. The van der Waals surface area contributed by atoms with Gasteiger partial charge in [-0.2, -0.15) is 0 Å². The number of hydrogen-bond donors (Lipinski definition) is 2. The molecule has 0 fully saturated rings. The third-order valence-electron chi connectivity index (χ3n) is 1.83. The molecule has 0 radical (unpaired) electrons. The Hall–Kier alpha value is -2.17. The second-order valence-corrected chi connectivity index (χ2v) is 2.79. The van der Waals surface area contributed by atoms with E-state index >= 15 is 0 Å². The van der Waals surface area contributed by atoms with E-state index in [0.717, 1.165) is 0 Å². The first-order valence-electron chi connectivity index (χ1n) is 3.92. The Kier molecular flexibility index (Phi) is 1.78. The van der Waals surface area contributed by atoms with Crippen molar-refractivity contribution in [3.63, 3.8) is 0 Å². The van der Waals surface area contributed by atoms with E-state index in [2.05, 4.69) is 9.97 Å². The van der Waals surface area contributed by atoms with Crippen LogP contribution in [-0.2, 0) is 0 Å². The molecule has 1 amide bonds. The van der Waals surface area contributed by atoms with Crippen LogP contribution in [0.1, 0.15) is 10.5 Å². The largest absolute Gasteiger partial charge is 0.504 e. The highest BCUT2D eigenvalue weighted by Gasteiger charge is 2.06. The maximum atomic E-state index is 10.8. The molecule has 0 aromatic carbocycles. The van der Waals surface area contributed by atoms with Crippen LogP contribution < -0.4 is 5.73 Å². The summed E-state index contributed by atoms with van der Waals surface area (Å²) in [7, 11) is 0. The van der Waals surface area contributed by atoms with Crippen molar-refractivity contribution in [1.29, 1.82) is 0 Å². The SMILES string of the molecule is NC(=O)c1ccc2cncc(O)c2n1. The summed E-state index contributed by atoms with van der Waals surface area (Å²) in [6, 6.07) is 3.13. The Balaban J connectivity index is 2.76. The molecule has 2 aromatic rings. The summed E-state index contributed by atoms with van der Waals surface area (Å²) in [4.78, 5) is 18.5. The predicted octanol–water partition coefficient (Wildman–Crippen LogP) is 0.434. The zero-order chi connectivity index (χ0) is 10.1. The van der Waals surface area contributed by atoms with E-state index in [4.69, 9.17) is 5.73 Å². The number of aromatic nitrogens is 2. The summed E-state index contributed by atoms with van der Waals surface area (Å²) in [6.45, 7) is 0. The number of primary amides is 1. The summed E-state index contributed by atoms with van der Waals surface area (Å²) in [6.07, 6.45) is 2.81. The minimum absolute atomic E-state index is 0.0643. The van der Waals surface area contributed by atoms with E-state index in [9.17, 15) is 9.90 Å². The van der Waals surface area contributed by atoms with Crippen LogP contribution in [0.25, 0.3) is 10.9 Å². The lowest BCUT2D eigenvalue weighted by molar-refractivity contribution is 0.0996. The van der Waals surface area contributed by atoms with Crippen molar-refractivity contribution in [2.75, 3.05) is 0 Å². The zero-order valence-electron chi connectivity index (χ0n) is 7.14. The number of carbonyl (C=O) groups is 1. The topological polar surface area (TPSA) is 89.1 Å². The molecule has 70 valence electrons. The monoisotopic (exact) mass is 189 g/mol. The van der Waals surface area contributed by atoms with Gasteiger partial charge in [-0.25, -0.2) is 4.98 Å². The fourth-order valence-electron chi connectivity index (χ4n) is 1.17. The van der Waals surface area contributed by atoms with Crippen LogP contribution in [0.15, 0.2) is 24.5 Å². The molecule has 0 saturated carbocycles. The fourth-order valence-corrected chi connectivity index (χ4v) is 1.17. The lowest BCUT2D eigenvalue weighted by Gasteiger charge is -2.00. The van der Waals surface area contributed by atoms with Crippen LogP contribution in [0.2, 0.25) is 0 Å². The van der Waals surface area contributed by atoms with E-state index in [-0.39, 0.29) is 11.4 Å². The maximum absolute atomic E-state index is 10.8. The van der Waals surface area contributed by atoms with Crippen LogP contribution >= 0.6 is 0 Å². The van der Waals surface area contributed by atoms with Gasteiger partial charge in [0, 0.05) is 11.6 Å². The molecule has 5 heteroatoms. The molecule has 2 heterocycles. The highest BCUT2D eigenvalue weighted by atomic mass is 16.3. The van der Waals surface area contributed by atoms with Gasteiger partial charge >= 0.3 is 0 Å². The first kappa shape index (κ1) is 8.43. The molecule has 0 unspecified atom stereocenters. The lowest BCUT2D eigenvalue weighted by atomic mass is 10.2. The van der Waals surface area contributed by atoms with Gasteiger partial charge in [-0.1, -0.05) is 0 Å². The van der Waals surface area contributed by atoms with E-state index in [0.29, 0.717) is 10.9 Å². The number of nitrogens with two attached hydrogens (primary N) is 1. The first-order valence-corrected chi connectivity index (χ1v) is 3.92. The van der Waals surface area contributed by atoms with Crippen molar-refractivity contribution in [2.45, 2.75) is 0 Å². The van der Waals surface area contributed by atoms with Crippen LogP contribution in [0.4, 0.5) is 0 Å². The molecule has 0 spiro atoms. The van der Waals surface area contributed by atoms with Crippen LogP contribution in [0, 0.1) is 0 Å². The Morgan fingerprint density at radius 2 is 2.14 bits per heavy atom. The van der Waals surface area contributed by atoms with Crippen molar-refractivity contribution < 1.29 is 9.90 Å². The Bertz CT molecular complexity index is 510. The fraction of sp³-hybridized carbons (Fsp3) is 0. The summed E-state index contributed by atoms with van der Waals surface area (Å²) in [5, 5.41) is 10.1. The molecule has 0 aliphatic carbocycles. The average molecular weight is 189 g/mol. The lowest BCUT2D eigenvalue weighted by Crippen LogP contribution is -2.12. The van der Waals surface area contributed by atoms with Gasteiger partial charge in [-0.05, 0) is 12.1 Å².